The van der Waals surface area contributed by atoms with E-state index in [2.05, 4.69) is 16.7 Å². The molecule has 0 aromatic heterocycles. The second-order valence-electron chi connectivity index (χ2n) is 13.4. The van der Waals surface area contributed by atoms with Crippen molar-refractivity contribution in [2.24, 2.45) is 0 Å². The maximum absolute atomic E-state index is 12.8. The highest BCUT2D eigenvalue weighted by Crippen LogP contribution is 2.33. The van der Waals surface area contributed by atoms with Gasteiger partial charge < -0.3 is 14.4 Å². The number of carbonyl (C=O) groups is 2. The number of halogens is 2. The van der Waals surface area contributed by atoms with Crippen LogP contribution in [0.15, 0.2) is 36.4 Å². The molecule has 266 valence electrons. The van der Waals surface area contributed by atoms with Crippen LogP contribution in [-0.4, -0.2) is 62.8 Å². The van der Waals surface area contributed by atoms with Gasteiger partial charge in [-0.2, -0.15) is 0 Å². The third-order valence-corrected chi connectivity index (χ3v) is 10.4. The molecule has 0 unspecified atom stereocenters. The van der Waals surface area contributed by atoms with Crippen LogP contribution in [0.5, 0.6) is 5.75 Å². The molecule has 2 heterocycles. The van der Waals surface area contributed by atoms with Crippen LogP contribution in [0.2, 0.25) is 10.0 Å². The van der Waals surface area contributed by atoms with E-state index in [9.17, 15) is 9.59 Å². The lowest BCUT2D eigenvalue weighted by atomic mass is 10.0. The van der Waals surface area contributed by atoms with Crippen molar-refractivity contribution in [3.05, 3.63) is 52.0 Å². The normalized spacial score (nSPS) is 15.1. The van der Waals surface area contributed by atoms with E-state index >= 15 is 0 Å². The highest BCUT2D eigenvalue weighted by molar-refractivity contribution is 6.43. The van der Waals surface area contributed by atoms with Crippen LogP contribution in [0.4, 0.5) is 11.4 Å². The van der Waals surface area contributed by atoms with Crippen molar-refractivity contribution in [3.8, 4) is 5.75 Å². The van der Waals surface area contributed by atoms with Gasteiger partial charge in [0.1, 0.15) is 5.75 Å². The van der Waals surface area contributed by atoms with E-state index in [4.69, 9.17) is 32.7 Å². The quantitative estimate of drug-likeness (QED) is 0.0900. The molecule has 0 atom stereocenters. The number of hydrogen-bond acceptors (Lipinski definition) is 6. The first-order valence-corrected chi connectivity index (χ1v) is 19.3. The van der Waals surface area contributed by atoms with Crippen molar-refractivity contribution in [2.45, 2.75) is 116 Å². The Kier molecular flexibility index (Phi) is 17.2. The van der Waals surface area contributed by atoms with Crippen LogP contribution in [0.3, 0.4) is 0 Å². The number of fused-ring (bicyclic) bond motifs is 1. The molecule has 2 aromatic carbocycles. The number of anilines is 2. The summed E-state index contributed by atoms with van der Waals surface area (Å²) in [6.45, 7) is 7.69. The van der Waals surface area contributed by atoms with Crippen molar-refractivity contribution >= 4 is 46.5 Å². The number of unbranched alkanes of at least 4 members (excludes halogenated alkanes) is 12. The first kappa shape index (κ1) is 38.3. The number of amides is 1. The predicted octanol–water partition coefficient (Wildman–Crippen LogP) is 9.85. The first-order chi connectivity index (χ1) is 23.5. The Hall–Kier alpha value is -2.48. The molecule has 2 aliphatic heterocycles. The largest absolute Gasteiger partial charge is 0.494 e. The molecular formula is C39H57Cl2N3O4. The molecule has 1 saturated heterocycles. The Balaban J connectivity index is 1.08. The number of hydrogen-bond donors (Lipinski definition) is 0. The number of benzene rings is 2. The molecule has 1 fully saturated rings. The molecule has 2 aromatic rings. The van der Waals surface area contributed by atoms with Crippen molar-refractivity contribution in [1.29, 1.82) is 0 Å². The molecule has 4 rings (SSSR count). The summed E-state index contributed by atoms with van der Waals surface area (Å²) < 4.78 is 11.7. The fourth-order valence-electron chi connectivity index (χ4n) is 6.64. The number of aryl methyl sites for hydroxylation is 1. The average molecular weight is 703 g/mol. The van der Waals surface area contributed by atoms with E-state index in [-0.39, 0.29) is 18.6 Å². The number of esters is 1. The van der Waals surface area contributed by atoms with Crippen LogP contribution >= 0.6 is 23.2 Å². The summed E-state index contributed by atoms with van der Waals surface area (Å²) in [6.07, 6.45) is 18.6. The second kappa shape index (κ2) is 21.6. The van der Waals surface area contributed by atoms with Gasteiger partial charge in [0.15, 0.2) is 6.73 Å². The third kappa shape index (κ3) is 12.8. The Morgan fingerprint density at radius 2 is 1.46 bits per heavy atom. The maximum atomic E-state index is 12.8. The summed E-state index contributed by atoms with van der Waals surface area (Å²) >= 11 is 12.6. The molecule has 1 amide bonds. The Morgan fingerprint density at radius 3 is 2.17 bits per heavy atom. The summed E-state index contributed by atoms with van der Waals surface area (Å²) in [4.78, 5) is 31.7. The van der Waals surface area contributed by atoms with Crippen LogP contribution < -0.4 is 14.5 Å². The number of carbonyl (C=O) groups excluding carboxylic acids is 2. The highest BCUT2D eigenvalue weighted by atomic mass is 35.5. The molecule has 7 nitrogen and oxygen atoms in total. The van der Waals surface area contributed by atoms with Gasteiger partial charge in [0, 0.05) is 45.1 Å². The topological polar surface area (TPSA) is 62.3 Å². The molecular weight excluding hydrogens is 645 g/mol. The fraction of sp³-hybridized carbons (Fsp3) is 0.641. The predicted molar refractivity (Wildman–Crippen MR) is 199 cm³/mol. The maximum Gasteiger partial charge on any atom is 0.307 e. The van der Waals surface area contributed by atoms with Crippen LogP contribution in [0.1, 0.15) is 115 Å². The van der Waals surface area contributed by atoms with E-state index in [1.54, 1.807) is 4.90 Å². The van der Waals surface area contributed by atoms with Crippen molar-refractivity contribution in [2.75, 3.05) is 55.9 Å². The van der Waals surface area contributed by atoms with Gasteiger partial charge in [-0.25, -0.2) is 0 Å². The van der Waals surface area contributed by atoms with E-state index in [1.807, 2.05) is 36.4 Å². The lowest BCUT2D eigenvalue weighted by Gasteiger charge is -2.36. The molecule has 0 N–H and O–H groups in total. The Bertz CT molecular complexity index is 1270. The zero-order valence-corrected chi connectivity index (χ0v) is 30.7. The van der Waals surface area contributed by atoms with Gasteiger partial charge in [0.25, 0.3) is 0 Å². The molecule has 0 saturated carbocycles. The number of nitrogens with zero attached hydrogens (tertiary/aromatic N) is 3. The van der Waals surface area contributed by atoms with Gasteiger partial charge in [-0.15, -0.1) is 0 Å². The molecule has 48 heavy (non-hydrogen) atoms. The molecule has 2 aliphatic rings. The summed E-state index contributed by atoms with van der Waals surface area (Å²) in [6, 6.07) is 11.7. The Morgan fingerprint density at radius 1 is 0.771 bits per heavy atom. The minimum Gasteiger partial charge on any atom is -0.494 e. The zero-order chi connectivity index (χ0) is 34.0. The van der Waals surface area contributed by atoms with E-state index in [0.29, 0.717) is 35.9 Å². The smallest absolute Gasteiger partial charge is 0.307 e. The number of ether oxygens (including phenoxy) is 2. The van der Waals surface area contributed by atoms with Crippen molar-refractivity contribution in [3.63, 3.8) is 0 Å². The van der Waals surface area contributed by atoms with Gasteiger partial charge in [0.2, 0.25) is 5.91 Å². The average Bonchev–Trinajstić information content (AvgIpc) is 3.09. The zero-order valence-electron chi connectivity index (χ0n) is 29.2. The monoisotopic (exact) mass is 701 g/mol. The molecule has 0 spiro atoms. The second-order valence-corrected chi connectivity index (χ2v) is 14.1. The van der Waals surface area contributed by atoms with E-state index in [0.717, 1.165) is 81.1 Å². The standard InChI is InChI=1S/C39H57Cl2N3O4/c1-2-3-4-5-6-7-8-9-10-11-12-13-19-38(46)48-31-44-36-30-33(22-20-32(36)21-23-37(44)45)47-29-15-14-24-42-25-27-43(28-26-42)35-18-16-17-34(40)39(35)41/h16-18,20,22,30H,2-15,19,21,23-29,31H2,1H3. The van der Waals surface area contributed by atoms with Gasteiger partial charge in [-0.1, -0.05) is 113 Å². The van der Waals surface area contributed by atoms with Crippen molar-refractivity contribution in [1.82, 2.24) is 4.90 Å². The minimum atomic E-state index is -0.232. The van der Waals surface area contributed by atoms with Gasteiger partial charge >= 0.3 is 5.97 Å². The van der Waals surface area contributed by atoms with E-state index in [1.165, 1.54) is 64.2 Å². The lowest BCUT2D eigenvalue weighted by molar-refractivity contribution is -0.144. The highest BCUT2D eigenvalue weighted by Gasteiger charge is 2.26. The van der Waals surface area contributed by atoms with E-state index < -0.39 is 0 Å². The third-order valence-electron chi connectivity index (χ3n) is 9.63. The Labute approximate surface area is 299 Å². The molecule has 0 radical (unpaired) electrons. The minimum absolute atomic E-state index is 0.0180. The van der Waals surface area contributed by atoms with Crippen molar-refractivity contribution < 1.29 is 19.1 Å². The van der Waals surface area contributed by atoms with Crippen LogP contribution in [-0.2, 0) is 20.7 Å². The lowest BCUT2D eigenvalue weighted by Crippen LogP contribution is -2.46. The van der Waals surface area contributed by atoms with Gasteiger partial charge in [-0.05, 0) is 56.0 Å². The summed E-state index contributed by atoms with van der Waals surface area (Å²) in [5.41, 5.74) is 2.88. The number of piperazine rings is 1. The summed E-state index contributed by atoms with van der Waals surface area (Å²) in [5.74, 6) is 0.489. The fourth-order valence-corrected chi connectivity index (χ4v) is 7.06. The summed E-state index contributed by atoms with van der Waals surface area (Å²) in [7, 11) is 0. The van der Waals surface area contributed by atoms with Crippen LogP contribution in [0.25, 0.3) is 0 Å². The molecule has 0 aliphatic carbocycles. The summed E-state index contributed by atoms with van der Waals surface area (Å²) in [5, 5.41) is 1.23. The first-order valence-electron chi connectivity index (χ1n) is 18.6. The molecule has 9 heteroatoms. The van der Waals surface area contributed by atoms with Gasteiger partial charge in [0.05, 0.1) is 28.0 Å². The van der Waals surface area contributed by atoms with Crippen LogP contribution in [0, 0.1) is 0 Å². The molecule has 0 bridgehead atoms. The SMILES string of the molecule is CCCCCCCCCCCCCCC(=O)OCN1C(=O)CCc2ccc(OCCCCN3CCN(c4cccc(Cl)c4Cl)CC3)cc21. The van der Waals surface area contributed by atoms with Gasteiger partial charge in [-0.3, -0.25) is 19.4 Å². The number of rotatable bonds is 22.